The Bertz CT molecular complexity index is 161. The predicted molar refractivity (Wildman–Crippen MR) is 53.6 cm³/mol. The van der Waals surface area contributed by atoms with Crippen LogP contribution in [0.4, 0.5) is 0 Å². The fraction of sp³-hybridized carbons (Fsp3) is 0.900. The highest BCUT2D eigenvalue weighted by molar-refractivity contribution is 5.75. The molecule has 0 aliphatic carbocycles. The lowest BCUT2D eigenvalue weighted by Gasteiger charge is -2.20. The topological polar surface area (TPSA) is 29.5 Å². The Morgan fingerprint density at radius 1 is 1.38 bits per heavy atom. The fourth-order valence-electron chi connectivity index (χ4n) is 0.812. The molecule has 78 valence electrons. The molecule has 13 heavy (non-hydrogen) atoms. The van der Waals surface area contributed by atoms with E-state index in [-0.39, 0.29) is 11.5 Å². The summed E-state index contributed by atoms with van der Waals surface area (Å²) < 4.78 is 5.45. The predicted octanol–water partition coefficient (Wildman–Crippen LogP) is 1.67. The average Bonchev–Trinajstić information content (AvgIpc) is 2.00. The van der Waals surface area contributed by atoms with Crippen molar-refractivity contribution in [3.05, 3.63) is 0 Å². The molecule has 0 aliphatic heterocycles. The van der Waals surface area contributed by atoms with E-state index in [9.17, 15) is 4.79 Å². The highest BCUT2D eigenvalue weighted by Gasteiger charge is 2.12. The molecule has 0 saturated heterocycles. The normalized spacial score (nSPS) is 11.5. The molecule has 0 N–H and O–H groups in total. The molecule has 3 heteroatoms. The van der Waals surface area contributed by atoms with Crippen LogP contribution in [0.2, 0.25) is 0 Å². The molecule has 0 bridgehead atoms. The number of hydrogen-bond donors (Lipinski definition) is 0. The van der Waals surface area contributed by atoms with Crippen molar-refractivity contribution >= 4 is 5.91 Å². The second-order valence-electron chi connectivity index (χ2n) is 4.12. The standard InChI is InChI=1S/C10H21NO2/c1-6-11(5)9(12)7-8-13-10(2,3)4/h6-8H2,1-5H3. The first-order valence-electron chi connectivity index (χ1n) is 4.74. The van der Waals surface area contributed by atoms with Crippen molar-refractivity contribution in [2.24, 2.45) is 0 Å². The minimum absolute atomic E-state index is 0.145. The van der Waals surface area contributed by atoms with E-state index in [4.69, 9.17) is 4.74 Å². The first-order valence-corrected chi connectivity index (χ1v) is 4.74. The maximum Gasteiger partial charge on any atom is 0.224 e. The van der Waals surface area contributed by atoms with Crippen molar-refractivity contribution in [1.29, 1.82) is 0 Å². The minimum Gasteiger partial charge on any atom is -0.375 e. The van der Waals surface area contributed by atoms with Gasteiger partial charge in [-0.2, -0.15) is 0 Å². The van der Waals surface area contributed by atoms with Crippen LogP contribution in [0.15, 0.2) is 0 Å². The van der Waals surface area contributed by atoms with Crippen LogP contribution in [0.5, 0.6) is 0 Å². The molecule has 3 nitrogen and oxygen atoms in total. The van der Waals surface area contributed by atoms with Crippen molar-refractivity contribution in [3.8, 4) is 0 Å². The van der Waals surface area contributed by atoms with E-state index in [1.54, 1.807) is 11.9 Å². The van der Waals surface area contributed by atoms with Gasteiger partial charge in [-0.1, -0.05) is 0 Å². The molecule has 0 fully saturated rings. The fourth-order valence-corrected chi connectivity index (χ4v) is 0.812. The van der Waals surface area contributed by atoms with Crippen molar-refractivity contribution < 1.29 is 9.53 Å². The minimum atomic E-state index is -0.148. The van der Waals surface area contributed by atoms with Gasteiger partial charge in [0.25, 0.3) is 0 Å². The maximum atomic E-state index is 11.3. The van der Waals surface area contributed by atoms with Crippen molar-refractivity contribution in [2.45, 2.75) is 39.7 Å². The van der Waals surface area contributed by atoms with E-state index in [1.165, 1.54) is 0 Å². The summed E-state index contributed by atoms with van der Waals surface area (Å²) in [6, 6.07) is 0. The summed E-state index contributed by atoms with van der Waals surface area (Å²) >= 11 is 0. The van der Waals surface area contributed by atoms with Gasteiger partial charge in [-0.05, 0) is 27.7 Å². The zero-order valence-electron chi connectivity index (χ0n) is 9.39. The average molecular weight is 187 g/mol. The molecule has 0 aromatic heterocycles. The second kappa shape index (κ2) is 5.22. The molecule has 0 radical (unpaired) electrons. The monoisotopic (exact) mass is 187 g/mol. The van der Waals surface area contributed by atoms with Crippen molar-refractivity contribution in [3.63, 3.8) is 0 Å². The molecule has 0 unspecified atom stereocenters. The lowest BCUT2D eigenvalue weighted by atomic mass is 10.2. The van der Waals surface area contributed by atoms with E-state index >= 15 is 0 Å². The van der Waals surface area contributed by atoms with Gasteiger partial charge in [0.05, 0.1) is 18.6 Å². The van der Waals surface area contributed by atoms with Gasteiger partial charge >= 0.3 is 0 Å². The Kier molecular flexibility index (Phi) is 4.99. The van der Waals surface area contributed by atoms with Gasteiger partial charge in [0, 0.05) is 13.6 Å². The zero-order valence-corrected chi connectivity index (χ0v) is 9.39. The highest BCUT2D eigenvalue weighted by Crippen LogP contribution is 2.07. The van der Waals surface area contributed by atoms with Crippen LogP contribution in [0, 0.1) is 0 Å². The van der Waals surface area contributed by atoms with Crippen molar-refractivity contribution in [1.82, 2.24) is 4.90 Å². The van der Waals surface area contributed by atoms with Crippen LogP contribution in [-0.2, 0) is 9.53 Å². The first kappa shape index (κ1) is 12.4. The summed E-state index contributed by atoms with van der Waals surface area (Å²) in [7, 11) is 1.80. The number of carbonyl (C=O) groups is 1. The maximum absolute atomic E-state index is 11.3. The van der Waals surface area contributed by atoms with Gasteiger partial charge in [0.2, 0.25) is 5.91 Å². The number of amides is 1. The Balaban J connectivity index is 3.60. The van der Waals surface area contributed by atoms with Crippen LogP contribution in [-0.4, -0.2) is 36.6 Å². The Morgan fingerprint density at radius 2 is 1.92 bits per heavy atom. The number of carbonyl (C=O) groups excluding carboxylic acids is 1. The smallest absolute Gasteiger partial charge is 0.224 e. The van der Waals surface area contributed by atoms with Crippen LogP contribution in [0.3, 0.4) is 0 Å². The molecule has 0 aromatic rings. The Hall–Kier alpha value is -0.570. The highest BCUT2D eigenvalue weighted by atomic mass is 16.5. The molecule has 0 aliphatic rings. The lowest BCUT2D eigenvalue weighted by Crippen LogP contribution is -2.29. The van der Waals surface area contributed by atoms with Crippen molar-refractivity contribution in [2.75, 3.05) is 20.2 Å². The number of ether oxygens (including phenoxy) is 1. The molecular weight excluding hydrogens is 166 g/mol. The molecule has 0 spiro atoms. The van der Waals surface area contributed by atoms with E-state index in [0.29, 0.717) is 13.0 Å². The Morgan fingerprint density at radius 3 is 2.31 bits per heavy atom. The third-order valence-corrected chi connectivity index (χ3v) is 1.75. The molecule has 0 atom stereocenters. The molecule has 0 saturated carbocycles. The van der Waals surface area contributed by atoms with Gasteiger partial charge in [0.1, 0.15) is 0 Å². The SMILES string of the molecule is CCN(C)C(=O)CCOC(C)(C)C. The van der Waals surface area contributed by atoms with Gasteiger partial charge in [-0.15, -0.1) is 0 Å². The first-order chi connectivity index (χ1) is 5.87. The summed E-state index contributed by atoms with van der Waals surface area (Å²) in [5.41, 5.74) is -0.148. The Labute approximate surface area is 81.1 Å². The van der Waals surface area contributed by atoms with Crippen LogP contribution in [0.1, 0.15) is 34.1 Å². The van der Waals surface area contributed by atoms with Gasteiger partial charge < -0.3 is 9.64 Å². The molecule has 0 aromatic carbocycles. The van der Waals surface area contributed by atoms with Crippen LogP contribution in [0.25, 0.3) is 0 Å². The number of hydrogen-bond acceptors (Lipinski definition) is 2. The third kappa shape index (κ3) is 6.58. The summed E-state index contributed by atoms with van der Waals surface area (Å²) in [4.78, 5) is 13.0. The largest absolute Gasteiger partial charge is 0.375 e. The number of rotatable bonds is 4. The lowest BCUT2D eigenvalue weighted by molar-refractivity contribution is -0.131. The third-order valence-electron chi connectivity index (χ3n) is 1.75. The molecule has 0 heterocycles. The van der Waals surface area contributed by atoms with E-state index in [0.717, 1.165) is 6.54 Å². The molecule has 1 amide bonds. The number of nitrogens with zero attached hydrogens (tertiary/aromatic N) is 1. The van der Waals surface area contributed by atoms with Gasteiger partial charge in [-0.3, -0.25) is 4.79 Å². The van der Waals surface area contributed by atoms with E-state index in [2.05, 4.69) is 0 Å². The second-order valence-corrected chi connectivity index (χ2v) is 4.12. The van der Waals surface area contributed by atoms with Gasteiger partial charge in [-0.25, -0.2) is 0 Å². The quantitative estimate of drug-likeness (QED) is 0.670. The van der Waals surface area contributed by atoms with Crippen LogP contribution < -0.4 is 0 Å². The van der Waals surface area contributed by atoms with E-state index in [1.807, 2.05) is 27.7 Å². The summed E-state index contributed by atoms with van der Waals surface area (Å²) in [6.07, 6.45) is 0.474. The zero-order chi connectivity index (χ0) is 10.5. The summed E-state index contributed by atoms with van der Waals surface area (Å²) in [6.45, 7) is 9.19. The molecule has 0 rings (SSSR count). The summed E-state index contributed by atoms with van der Waals surface area (Å²) in [5, 5.41) is 0. The summed E-state index contributed by atoms with van der Waals surface area (Å²) in [5.74, 6) is 0.145. The van der Waals surface area contributed by atoms with Crippen LogP contribution >= 0.6 is 0 Å². The van der Waals surface area contributed by atoms with E-state index < -0.39 is 0 Å². The molecular formula is C10H21NO2. The van der Waals surface area contributed by atoms with Gasteiger partial charge in [0.15, 0.2) is 0 Å².